The molecule has 2 rings (SSSR count). The highest BCUT2D eigenvalue weighted by Gasteiger charge is 1.96. The van der Waals surface area contributed by atoms with Crippen LogP contribution in [-0.4, -0.2) is 4.98 Å². The van der Waals surface area contributed by atoms with E-state index in [2.05, 4.69) is 10.3 Å². The number of aromatic nitrogens is 1. The second-order valence-electron chi connectivity index (χ2n) is 3.33. The van der Waals surface area contributed by atoms with E-state index in [1.54, 1.807) is 12.4 Å². The number of hydrogen-bond acceptors (Lipinski definition) is 3. The Morgan fingerprint density at radius 2 is 2.00 bits per heavy atom. The third-order valence-electron chi connectivity index (χ3n) is 2.10. The monoisotopic (exact) mass is 199 g/mol. The molecule has 0 amide bonds. The van der Waals surface area contributed by atoms with Crippen molar-refractivity contribution < 1.29 is 0 Å². The van der Waals surface area contributed by atoms with Gasteiger partial charge >= 0.3 is 0 Å². The molecule has 3 heteroatoms. The van der Waals surface area contributed by atoms with Crippen molar-refractivity contribution in [2.75, 3.05) is 5.32 Å². The van der Waals surface area contributed by atoms with E-state index in [9.17, 15) is 0 Å². The molecule has 0 aliphatic heterocycles. The van der Waals surface area contributed by atoms with E-state index in [0.29, 0.717) is 0 Å². The minimum Gasteiger partial charge on any atom is -0.402 e. The Kier molecular flexibility index (Phi) is 2.83. The lowest BCUT2D eigenvalue weighted by molar-refractivity contribution is 1.17. The molecular formula is C12H13N3. The Hall–Kier alpha value is -2.03. The second-order valence-corrected chi connectivity index (χ2v) is 3.33. The highest BCUT2D eigenvalue weighted by atomic mass is 14.9. The Morgan fingerprint density at radius 1 is 1.20 bits per heavy atom. The molecule has 0 fully saturated rings. The van der Waals surface area contributed by atoms with Gasteiger partial charge in [0.15, 0.2) is 0 Å². The summed E-state index contributed by atoms with van der Waals surface area (Å²) in [6, 6.07) is 3.85. The van der Waals surface area contributed by atoms with E-state index >= 15 is 0 Å². The molecule has 0 atom stereocenters. The van der Waals surface area contributed by atoms with E-state index in [0.717, 1.165) is 23.5 Å². The largest absolute Gasteiger partial charge is 0.402 e. The molecular weight excluding hydrogens is 186 g/mol. The molecule has 0 unspecified atom stereocenters. The van der Waals surface area contributed by atoms with Crippen LogP contribution in [0.3, 0.4) is 0 Å². The highest BCUT2D eigenvalue weighted by Crippen LogP contribution is 2.12. The van der Waals surface area contributed by atoms with E-state index in [-0.39, 0.29) is 0 Å². The summed E-state index contributed by atoms with van der Waals surface area (Å²) in [5.41, 5.74) is 8.64. The molecule has 1 aliphatic carbocycles. The summed E-state index contributed by atoms with van der Waals surface area (Å²) in [6.45, 7) is 0. The van der Waals surface area contributed by atoms with Crippen LogP contribution in [0.5, 0.6) is 0 Å². The average molecular weight is 199 g/mol. The number of hydrogen-bond donors (Lipinski definition) is 2. The van der Waals surface area contributed by atoms with Crippen LogP contribution >= 0.6 is 0 Å². The van der Waals surface area contributed by atoms with Gasteiger partial charge in [0.25, 0.3) is 0 Å². The predicted molar refractivity (Wildman–Crippen MR) is 62.0 cm³/mol. The third kappa shape index (κ3) is 2.71. The Balaban J connectivity index is 2.13. The van der Waals surface area contributed by atoms with Crippen molar-refractivity contribution in [3.63, 3.8) is 0 Å². The van der Waals surface area contributed by atoms with Crippen molar-refractivity contribution in [1.29, 1.82) is 0 Å². The minimum atomic E-state index is 0.804. The smallest absolute Gasteiger partial charge is 0.0415 e. The van der Waals surface area contributed by atoms with Gasteiger partial charge in [0.05, 0.1) is 0 Å². The van der Waals surface area contributed by atoms with E-state index in [1.807, 2.05) is 36.4 Å². The van der Waals surface area contributed by atoms with Gasteiger partial charge < -0.3 is 11.1 Å². The maximum atomic E-state index is 5.72. The van der Waals surface area contributed by atoms with Gasteiger partial charge in [0, 0.05) is 35.9 Å². The van der Waals surface area contributed by atoms with Crippen LogP contribution in [0.2, 0.25) is 0 Å². The molecule has 0 spiro atoms. The van der Waals surface area contributed by atoms with Crippen LogP contribution < -0.4 is 11.1 Å². The van der Waals surface area contributed by atoms with E-state index in [4.69, 9.17) is 5.73 Å². The van der Waals surface area contributed by atoms with Crippen molar-refractivity contribution >= 4 is 5.69 Å². The maximum Gasteiger partial charge on any atom is 0.0415 e. The molecule has 1 aromatic rings. The van der Waals surface area contributed by atoms with Crippen molar-refractivity contribution in [2.45, 2.75) is 6.42 Å². The fraction of sp³-hybridized carbons (Fsp3) is 0.0833. The van der Waals surface area contributed by atoms with Gasteiger partial charge in [-0.05, 0) is 30.4 Å². The molecule has 0 aromatic carbocycles. The van der Waals surface area contributed by atoms with Gasteiger partial charge in [-0.1, -0.05) is 6.08 Å². The van der Waals surface area contributed by atoms with Crippen molar-refractivity contribution in [3.05, 3.63) is 60.2 Å². The van der Waals surface area contributed by atoms with Crippen molar-refractivity contribution in [1.82, 2.24) is 4.98 Å². The van der Waals surface area contributed by atoms with Crippen LogP contribution in [0.1, 0.15) is 6.42 Å². The number of nitrogens with two attached hydrogens (primary N) is 1. The van der Waals surface area contributed by atoms with Crippen LogP contribution in [0.15, 0.2) is 60.2 Å². The second kappa shape index (κ2) is 4.46. The highest BCUT2D eigenvalue weighted by molar-refractivity contribution is 5.51. The zero-order valence-corrected chi connectivity index (χ0v) is 8.35. The zero-order chi connectivity index (χ0) is 10.5. The van der Waals surface area contributed by atoms with Gasteiger partial charge in [-0.15, -0.1) is 0 Å². The third-order valence-corrected chi connectivity index (χ3v) is 2.10. The van der Waals surface area contributed by atoms with E-state index in [1.165, 1.54) is 0 Å². The molecule has 3 nitrogen and oxygen atoms in total. The van der Waals surface area contributed by atoms with Gasteiger partial charge in [-0.2, -0.15) is 0 Å². The molecule has 1 aliphatic rings. The first-order valence-corrected chi connectivity index (χ1v) is 4.84. The molecule has 76 valence electrons. The van der Waals surface area contributed by atoms with Crippen LogP contribution in [0.4, 0.5) is 5.69 Å². The lowest BCUT2D eigenvalue weighted by Gasteiger charge is -2.05. The Bertz CT molecular complexity index is 416. The number of nitrogens with one attached hydrogen (secondary N) is 1. The number of allylic oxidation sites excluding steroid dienone is 4. The lowest BCUT2D eigenvalue weighted by atomic mass is 10.3. The summed E-state index contributed by atoms with van der Waals surface area (Å²) in [6.07, 6.45) is 12.3. The zero-order valence-electron chi connectivity index (χ0n) is 8.35. The lowest BCUT2D eigenvalue weighted by Crippen LogP contribution is -1.95. The molecule has 1 heterocycles. The van der Waals surface area contributed by atoms with Gasteiger partial charge in [0.1, 0.15) is 0 Å². The fourth-order valence-electron chi connectivity index (χ4n) is 1.33. The standard InChI is InChI=1S/C12H13N3/c13-10-2-1-3-11(5-4-10)15-12-6-8-14-9-7-12/h1,3-9H,2,13H2,(H,14,15). The molecule has 0 saturated heterocycles. The van der Waals surface area contributed by atoms with Crippen molar-refractivity contribution in [2.24, 2.45) is 5.73 Å². The SMILES string of the molecule is NC1=CC=C(Nc2ccncc2)C=CC1. The summed E-state index contributed by atoms with van der Waals surface area (Å²) in [5, 5.41) is 3.28. The van der Waals surface area contributed by atoms with Gasteiger partial charge in [-0.25, -0.2) is 0 Å². The molecule has 0 saturated carbocycles. The van der Waals surface area contributed by atoms with Crippen LogP contribution in [-0.2, 0) is 0 Å². The quantitative estimate of drug-likeness (QED) is 0.767. The first kappa shape index (κ1) is 9.52. The molecule has 15 heavy (non-hydrogen) atoms. The van der Waals surface area contributed by atoms with E-state index < -0.39 is 0 Å². The average Bonchev–Trinajstić information content (AvgIpc) is 2.46. The first-order chi connectivity index (χ1) is 7.34. The number of rotatable bonds is 2. The summed E-state index contributed by atoms with van der Waals surface area (Å²) >= 11 is 0. The number of anilines is 1. The minimum absolute atomic E-state index is 0.804. The molecule has 3 N–H and O–H groups in total. The topological polar surface area (TPSA) is 50.9 Å². The summed E-state index contributed by atoms with van der Waals surface area (Å²) in [5.74, 6) is 0. The summed E-state index contributed by atoms with van der Waals surface area (Å²) < 4.78 is 0. The first-order valence-electron chi connectivity index (χ1n) is 4.84. The van der Waals surface area contributed by atoms with Gasteiger partial charge in [-0.3, -0.25) is 4.98 Å². The van der Waals surface area contributed by atoms with Crippen molar-refractivity contribution in [3.8, 4) is 0 Å². The number of nitrogens with zero attached hydrogens (tertiary/aromatic N) is 1. The molecule has 0 bridgehead atoms. The fourth-order valence-corrected chi connectivity index (χ4v) is 1.33. The van der Waals surface area contributed by atoms with Gasteiger partial charge in [0.2, 0.25) is 0 Å². The normalized spacial score (nSPS) is 15.2. The Morgan fingerprint density at radius 3 is 2.80 bits per heavy atom. The maximum absolute atomic E-state index is 5.72. The summed E-state index contributed by atoms with van der Waals surface area (Å²) in [7, 11) is 0. The van der Waals surface area contributed by atoms with Crippen LogP contribution in [0.25, 0.3) is 0 Å². The Labute approximate surface area is 89.0 Å². The number of pyridine rings is 1. The predicted octanol–water partition coefficient (Wildman–Crippen LogP) is 2.18. The molecule has 1 aromatic heterocycles. The van der Waals surface area contributed by atoms with Crippen LogP contribution in [0, 0.1) is 0 Å². The molecule has 0 radical (unpaired) electrons. The summed E-state index contributed by atoms with van der Waals surface area (Å²) in [4.78, 5) is 3.96.